The van der Waals surface area contributed by atoms with Crippen LogP contribution in [0.25, 0.3) is 0 Å². The fourth-order valence-electron chi connectivity index (χ4n) is 1.51. The molecule has 0 aromatic heterocycles. The lowest BCUT2D eigenvalue weighted by Gasteiger charge is -2.07. The molecule has 2 nitrogen and oxygen atoms in total. The van der Waals surface area contributed by atoms with Gasteiger partial charge in [-0.2, -0.15) is 0 Å². The standard InChI is InChI=1S/C13H16Cl3NO/c1-9(14)3-2-6-17-13(18)8-10-4-5-11(15)12(16)7-10/h4-5,7,9H,2-3,6,8H2,1H3,(H,17,18). The van der Waals surface area contributed by atoms with Gasteiger partial charge in [0.1, 0.15) is 0 Å². The summed E-state index contributed by atoms with van der Waals surface area (Å²) in [7, 11) is 0. The average molecular weight is 309 g/mol. The van der Waals surface area contributed by atoms with Gasteiger partial charge in [-0.15, -0.1) is 11.6 Å². The number of carbonyl (C=O) groups is 1. The van der Waals surface area contributed by atoms with Gasteiger partial charge in [0.25, 0.3) is 0 Å². The second-order valence-corrected chi connectivity index (χ2v) is 5.76. The van der Waals surface area contributed by atoms with E-state index in [0.717, 1.165) is 18.4 Å². The lowest BCUT2D eigenvalue weighted by atomic mass is 10.1. The van der Waals surface area contributed by atoms with E-state index in [1.165, 1.54) is 0 Å². The van der Waals surface area contributed by atoms with Crippen molar-refractivity contribution in [2.75, 3.05) is 6.54 Å². The minimum atomic E-state index is -0.0179. The summed E-state index contributed by atoms with van der Waals surface area (Å²) in [5, 5.41) is 3.96. The summed E-state index contributed by atoms with van der Waals surface area (Å²) in [6.07, 6.45) is 2.10. The molecule has 1 aromatic rings. The molecule has 1 atom stereocenters. The van der Waals surface area contributed by atoms with Gasteiger partial charge in [0.15, 0.2) is 0 Å². The molecule has 100 valence electrons. The molecule has 5 heteroatoms. The quantitative estimate of drug-likeness (QED) is 0.623. The van der Waals surface area contributed by atoms with Gasteiger partial charge in [0.05, 0.1) is 16.5 Å². The van der Waals surface area contributed by atoms with E-state index >= 15 is 0 Å². The highest BCUT2D eigenvalue weighted by atomic mass is 35.5. The van der Waals surface area contributed by atoms with Crippen molar-refractivity contribution in [3.8, 4) is 0 Å². The summed E-state index contributed by atoms with van der Waals surface area (Å²) >= 11 is 17.5. The number of rotatable bonds is 6. The van der Waals surface area contributed by atoms with Gasteiger partial charge >= 0.3 is 0 Å². The third-order valence-corrected chi connectivity index (χ3v) is 3.41. The third-order valence-electron chi connectivity index (χ3n) is 2.45. The van der Waals surface area contributed by atoms with Crippen LogP contribution < -0.4 is 5.32 Å². The summed E-state index contributed by atoms with van der Waals surface area (Å²) in [6.45, 7) is 2.59. The van der Waals surface area contributed by atoms with Crippen LogP contribution >= 0.6 is 34.8 Å². The first-order valence-corrected chi connectivity index (χ1v) is 7.03. The summed E-state index contributed by atoms with van der Waals surface area (Å²) in [4.78, 5) is 11.6. The summed E-state index contributed by atoms with van der Waals surface area (Å²) in [5.74, 6) is -0.0179. The number of halogens is 3. The average Bonchev–Trinajstić information content (AvgIpc) is 2.29. The molecule has 0 aliphatic heterocycles. The summed E-state index contributed by atoms with van der Waals surface area (Å²) in [5.41, 5.74) is 0.854. The van der Waals surface area contributed by atoms with E-state index in [1.807, 2.05) is 6.92 Å². The zero-order chi connectivity index (χ0) is 13.5. The normalized spacial score (nSPS) is 12.2. The van der Waals surface area contributed by atoms with Crippen LogP contribution in [0.1, 0.15) is 25.3 Å². The van der Waals surface area contributed by atoms with Gasteiger partial charge in [0.2, 0.25) is 5.91 Å². The summed E-state index contributed by atoms with van der Waals surface area (Å²) < 4.78 is 0. The second kappa shape index (κ2) is 7.88. The molecule has 0 saturated carbocycles. The van der Waals surface area contributed by atoms with Crippen molar-refractivity contribution < 1.29 is 4.79 Å². The fourth-order valence-corrected chi connectivity index (χ4v) is 1.98. The first-order valence-electron chi connectivity index (χ1n) is 5.83. The molecule has 1 N–H and O–H groups in total. The highest BCUT2D eigenvalue weighted by Gasteiger charge is 2.05. The number of amides is 1. The molecule has 0 bridgehead atoms. The summed E-state index contributed by atoms with van der Waals surface area (Å²) in [6, 6.07) is 5.21. The molecule has 1 amide bonds. The number of benzene rings is 1. The van der Waals surface area contributed by atoms with Gasteiger partial charge < -0.3 is 5.32 Å². The molecule has 0 saturated heterocycles. The van der Waals surface area contributed by atoms with E-state index < -0.39 is 0 Å². The molecular weight excluding hydrogens is 293 g/mol. The molecule has 0 spiro atoms. The number of alkyl halides is 1. The van der Waals surface area contributed by atoms with Crippen molar-refractivity contribution in [3.63, 3.8) is 0 Å². The number of hydrogen-bond acceptors (Lipinski definition) is 1. The van der Waals surface area contributed by atoms with Crippen molar-refractivity contribution in [3.05, 3.63) is 33.8 Å². The Hall–Kier alpha value is -0.440. The van der Waals surface area contributed by atoms with Gasteiger partial charge in [-0.3, -0.25) is 4.79 Å². The van der Waals surface area contributed by atoms with Gasteiger partial charge in [0, 0.05) is 11.9 Å². The van der Waals surface area contributed by atoms with Crippen molar-refractivity contribution in [2.45, 2.75) is 31.6 Å². The Morgan fingerprint density at radius 3 is 2.67 bits per heavy atom. The van der Waals surface area contributed by atoms with E-state index in [4.69, 9.17) is 34.8 Å². The minimum Gasteiger partial charge on any atom is -0.356 e. The maximum Gasteiger partial charge on any atom is 0.224 e. The van der Waals surface area contributed by atoms with Crippen LogP contribution in [0, 0.1) is 0 Å². The van der Waals surface area contributed by atoms with Crippen molar-refractivity contribution >= 4 is 40.7 Å². The molecule has 0 radical (unpaired) electrons. The zero-order valence-electron chi connectivity index (χ0n) is 10.2. The van der Waals surface area contributed by atoms with Crippen LogP contribution in [0.2, 0.25) is 10.0 Å². The molecule has 0 aliphatic rings. The molecule has 0 fully saturated rings. The Balaban J connectivity index is 2.33. The molecule has 0 aliphatic carbocycles. The predicted octanol–water partition coefficient (Wildman–Crippen LogP) is 4.06. The van der Waals surface area contributed by atoms with Crippen LogP contribution in [-0.4, -0.2) is 17.8 Å². The second-order valence-electron chi connectivity index (χ2n) is 4.20. The van der Waals surface area contributed by atoms with Crippen LogP contribution in [0.15, 0.2) is 18.2 Å². The lowest BCUT2D eigenvalue weighted by Crippen LogP contribution is -2.26. The van der Waals surface area contributed by atoms with Gasteiger partial charge in [-0.25, -0.2) is 0 Å². The monoisotopic (exact) mass is 307 g/mol. The Bertz CT molecular complexity index is 407. The van der Waals surface area contributed by atoms with Gasteiger partial charge in [-0.1, -0.05) is 29.3 Å². The van der Waals surface area contributed by atoms with Gasteiger partial charge in [-0.05, 0) is 37.5 Å². The van der Waals surface area contributed by atoms with Crippen LogP contribution in [0.5, 0.6) is 0 Å². The van der Waals surface area contributed by atoms with Crippen LogP contribution in [0.4, 0.5) is 0 Å². The van der Waals surface area contributed by atoms with E-state index in [1.54, 1.807) is 18.2 Å². The maximum absolute atomic E-state index is 11.6. The molecule has 18 heavy (non-hydrogen) atoms. The third kappa shape index (κ3) is 5.94. The number of carbonyl (C=O) groups excluding carboxylic acids is 1. The van der Waals surface area contributed by atoms with Crippen molar-refractivity contribution in [2.24, 2.45) is 0 Å². The Morgan fingerprint density at radius 1 is 1.33 bits per heavy atom. The van der Waals surface area contributed by atoms with Crippen LogP contribution in [-0.2, 0) is 11.2 Å². The first kappa shape index (κ1) is 15.6. The molecule has 1 rings (SSSR count). The van der Waals surface area contributed by atoms with Crippen LogP contribution in [0.3, 0.4) is 0 Å². The maximum atomic E-state index is 11.6. The zero-order valence-corrected chi connectivity index (χ0v) is 12.4. The number of hydrogen-bond donors (Lipinski definition) is 1. The smallest absolute Gasteiger partial charge is 0.224 e. The SMILES string of the molecule is CC(Cl)CCCNC(=O)Cc1ccc(Cl)c(Cl)c1. The minimum absolute atomic E-state index is 0.0179. The first-order chi connectivity index (χ1) is 8.49. The Morgan fingerprint density at radius 2 is 2.06 bits per heavy atom. The van der Waals surface area contributed by atoms with Crippen molar-refractivity contribution in [1.29, 1.82) is 0 Å². The van der Waals surface area contributed by atoms with E-state index in [0.29, 0.717) is 23.0 Å². The van der Waals surface area contributed by atoms with E-state index in [9.17, 15) is 4.79 Å². The Kier molecular flexibility index (Phi) is 6.83. The van der Waals surface area contributed by atoms with E-state index in [2.05, 4.69) is 5.32 Å². The number of nitrogens with one attached hydrogen (secondary N) is 1. The predicted molar refractivity (Wildman–Crippen MR) is 77.7 cm³/mol. The lowest BCUT2D eigenvalue weighted by molar-refractivity contribution is -0.120. The highest BCUT2D eigenvalue weighted by molar-refractivity contribution is 6.42. The van der Waals surface area contributed by atoms with E-state index in [-0.39, 0.29) is 11.3 Å². The largest absolute Gasteiger partial charge is 0.356 e. The topological polar surface area (TPSA) is 29.1 Å². The molecular formula is C13H16Cl3NO. The molecule has 1 aromatic carbocycles. The van der Waals surface area contributed by atoms with Crippen molar-refractivity contribution in [1.82, 2.24) is 5.32 Å². The molecule has 1 unspecified atom stereocenters. The molecule has 0 heterocycles. The Labute approximate surface area is 123 Å². The fraction of sp³-hybridized carbons (Fsp3) is 0.462. The highest BCUT2D eigenvalue weighted by Crippen LogP contribution is 2.22.